The molecule has 0 saturated heterocycles. The zero-order chi connectivity index (χ0) is 13.9. The summed E-state index contributed by atoms with van der Waals surface area (Å²) >= 11 is 3.21. The minimum absolute atomic E-state index is 0.144. The largest absolute Gasteiger partial charge is 0.478 e. The number of halogens is 1. The molecule has 0 spiro atoms. The number of carboxylic acids is 1. The number of hydrogen-bond acceptors (Lipinski definition) is 3. The zero-order valence-electron chi connectivity index (χ0n) is 10.3. The van der Waals surface area contributed by atoms with Gasteiger partial charge < -0.3 is 15.2 Å². The molecule has 1 aromatic rings. The van der Waals surface area contributed by atoms with Crippen LogP contribution in [0.25, 0.3) is 0 Å². The van der Waals surface area contributed by atoms with Gasteiger partial charge in [-0.25, -0.2) is 4.79 Å². The molecule has 0 unspecified atom stereocenters. The van der Waals surface area contributed by atoms with Gasteiger partial charge in [0.2, 0.25) is 0 Å². The summed E-state index contributed by atoms with van der Waals surface area (Å²) in [5.41, 5.74) is -0.314. The number of hydrogen-bond donors (Lipinski definition) is 2. The third kappa shape index (κ3) is 3.30. The molecule has 1 aromatic carbocycles. The molecule has 0 atom stereocenters. The van der Waals surface area contributed by atoms with Crippen molar-refractivity contribution in [3.8, 4) is 0 Å². The first-order valence-corrected chi connectivity index (χ1v) is 5.96. The Morgan fingerprint density at radius 2 is 2.00 bits per heavy atom. The van der Waals surface area contributed by atoms with Crippen LogP contribution in [0.5, 0.6) is 0 Å². The molecule has 0 aliphatic carbocycles. The Kier molecular flexibility index (Phi) is 4.48. The van der Waals surface area contributed by atoms with Gasteiger partial charge in [0.15, 0.2) is 0 Å². The molecule has 1 amide bonds. The van der Waals surface area contributed by atoms with Gasteiger partial charge in [0.05, 0.1) is 11.3 Å². The third-order valence-electron chi connectivity index (χ3n) is 2.52. The predicted molar refractivity (Wildman–Crippen MR) is 70.8 cm³/mol. The lowest BCUT2D eigenvalue weighted by molar-refractivity contribution is -0.133. The van der Waals surface area contributed by atoms with E-state index in [0.29, 0.717) is 10.2 Å². The van der Waals surface area contributed by atoms with Crippen molar-refractivity contribution in [1.82, 2.24) is 0 Å². The van der Waals surface area contributed by atoms with Crippen molar-refractivity contribution in [2.45, 2.75) is 19.4 Å². The van der Waals surface area contributed by atoms with Gasteiger partial charge in [-0.2, -0.15) is 0 Å². The number of anilines is 1. The number of nitrogens with one attached hydrogen (secondary N) is 1. The zero-order valence-corrected chi connectivity index (χ0v) is 11.9. The number of rotatable bonds is 4. The molecule has 0 bridgehead atoms. The molecular formula is C12H14BrNO4. The lowest BCUT2D eigenvalue weighted by Crippen LogP contribution is -2.38. The highest BCUT2D eigenvalue weighted by Gasteiger charge is 2.27. The Morgan fingerprint density at radius 1 is 1.39 bits per heavy atom. The van der Waals surface area contributed by atoms with Crippen LogP contribution >= 0.6 is 15.9 Å². The highest BCUT2D eigenvalue weighted by molar-refractivity contribution is 9.10. The summed E-state index contributed by atoms with van der Waals surface area (Å²) in [5, 5.41) is 11.5. The van der Waals surface area contributed by atoms with Crippen LogP contribution in [0.4, 0.5) is 5.69 Å². The molecule has 5 nitrogen and oxygen atoms in total. The lowest BCUT2D eigenvalue weighted by Gasteiger charge is -2.22. The van der Waals surface area contributed by atoms with Crippen molar-refractivity contribution in [3.63, 3.8) is 0 Å². The van der Waals surface area contributed by atoms with Crippen molar-refractivity contribution in [2.24, 2.45) is 0 Å². The highest BCUT2D eigenvalue weighted by Crippen LogP contribution is 2.25. The average Bonchev–Trinajstić information content (AvgIpc) is 2.31. The Bertz CT molecular complexity index is 485. The average molecular weight is 316 g/mol. The molecular weight excluding hydrogens is 302 g/mol. The number of ether oxygens (including phenoxy) is 1. The van der Waals surface area contributed by atoms with E-state index in [0.717, 1.165) is 0 Å². The Balaban J connectivity index is 2.93. The van der Waals surface area contributed by atoms with Crippen LogP contribution in [0.3, 0.4) is 0 Å². The van der Waals surface area contributed by atoms with Crippen LogP contribution < -0.4 is 5.32 Å². The van der Waals surface area contributed by atoms with E-state index in [1.165, 1.54) is 25.3 Å². The predicted octanol–water partition coefficient (Wildman–Crippen LogP) is 2.51. The van der Waals surface area contributed by atoms with Crippen molar-refractivity contribution in [2.75, 3.05) is 12.4 Å². The van der Waals surface area contributed by atoms with E-state index >= 15 is 0 Å². The van der Waals surface area contributed by atoms with Crippen LogP contribution in [0.1, 0.15) is 24.2 Å². The molecule has 6 heteroatoms. The Morgan fingerprint density at radius 3 is 2.44 bits per heavy atom. The smallest absolute Gasteiger partial charge is 0.335 e. The summed E-state index contributed by atoms with van der Waals surface area (Å²) in [7, 11) is 1.45. The van der Waals surface area contributed by atoms with Gasteiger partial charge in [-0.15, -0.1) is 0 Å². The summed E-state index contributed by atoms with van der Waals surface area (Å²) in [4.78, 5) is 22.6. The van der Waals surface area contributed by atoms with E-state index in [-0.39, 0.29) is 11.5 Å². The van der Waals surface area contributed by atoms with Gasteiger partial charge in [0.1, 0.15) is 5.60 Å². The molecule has 2 N–H and O–H groups in total. The molecule has 1 rings (SSSR count). The quantitative estimate of drug-likeness (QED) is 0.895. The number of carboxylic acid groups (broad SMARTS) is 1. The van der Waals surface area contributed by atoms with Crippen LogP contribution in [-0.2, 0) is 9.53 Å². The Hall–Kier alpha value is -1.40. The van der Waals surface area contributed by atoms with Gasteiger partial charge in [-0.05, 0) is 48.0 Å². The van der Waals surface area contributed by atoms with E-state index < -0.39 is 11.6 Å². The summed E-state index contributed by atoms with van der Waals surface area (Å²) in [6.07, 6.45) is 0. The van der Waals surface area contributed by atoms with Crippen LogP contribution in [0.2, 0.25) is 0 Å². The fourth-order valence-corrected chi connectivity index (χ4v) is 1.59. The van der Waals surface area contributed by atoms with E-state index in [1.807, 2.05) is 0 Å². The van der Waals surface area contributed by atoms with Gasteiger partial charge in [0, 0.05) is 11.6 Å². The fraction of sp³-hybridized carbons (Fsp3) is 0.333. The number of carbonyl (C=O) groups is 2. The summed E-state index contributed by atoms with van der Waals surface area (Å²) in [6.45, 7) is 3.28. The van der Waals surface area contributed by atoms with E-state index in [4.69, 9.17) is 9.84 Å². The molecule has 0 aromatic heterocycles. The standard InChI is InChI=1S/C12H14BrNO4/c1-12(2,18-3)11(17)14-9-5-4-7(10(15)16)6-8(9)13/h4-6H,1-3H3,(H,14,17)(H,15,16). The minimum atomic E-state index is -1.02. The monoisotopic (exact) mass is 315 g/mol. The van der Waals surface area contributed by atoms with Gasteiger partial charge in [-0.1, -0.05) is 0 Å². The van der Waals surface area contributed by atoms with Gasteiger partial charge >= 0.3 is 5.97 Å². The van der Waals surface area contributed by atoms with E-state index in [2.05, 4.69) is 21.2 Å². The molecule has 0 aliphatic heterocycles. The van der Waals surface area contributed by atoms with Gasteiger partial charge in [0.25, 0.3) is 5.91 Å². The second-order valence-corrected chi connectivity index (χ2v) is 5.02. The first kappa shape index (κ1) is 14.7. The summed E-state index contributed by atoms with van der Waals surface area (Å²) < 4.78 is 5.55. The van der Waals surface area contributed by atoms with Crippen molar-refractivity contribution >= 4 is 33.5 Å². The number of benzene rings is 1. The highest BCUT2D eigenvalue weighted by atomic mass is 79.9. The molecule has 0 saturated carbocycles. The first-order valence-electron chi connectivity index (χ1n) is 5.17. The maximum absolute atomic E-state index is 11.9. The SMILES string of the molecule is COC(C)(C)C(=O)Nc1ccc(C(=O)O)cc1Br. The topological polar surface area (TPSA) is 75.6 Å². The van der Waals surface area contributed by atoms with E-state index in [9.17, 15) is 9.59 Å². The third-order valence-corrected chi connectivity index (χ3v) is 3.18. The van der Waals surface area contributed by atoms with Crippen LogP contribution in [-0.4, -0.2) is 29.7 Å². The molecule has 18 heavy (non-hydrogen) atoms. The molecule has 0 radical (unpaired) electrons. The van der Waals surface area contributed by atoms with E-state index in [1.54, 1.807) is 13.8 Å². The molecule has 0 fully saturated rings. The molecule has 0 aliphatic rings. The lowest BCUT2D eigenvalue weighted by atomic mass is 10.1. The second-order valence-electron chi connectivity index (χ2n) is 4.17. The van der Waals surface area contributed by atoms with Crippen molar-refractivity contribution in [3.05, 3.63) is 28.2 Å². The number of amides is 1. The van der Waals surface area contributed by atoms with Crippen LogP contribution in [0.15, 0.2) is 22.7 Å². The minimum Gasteiger partial charge on any atom is -0.478 e. The normalized spacial score (nSPS) is 11.1. The number of methoxy groups -OCH3 is 1. The molecule has 0 heterocycles. The second kappa shape index (κ2) is 5.49. The Labute approximate surface area is 113 Å². The maximum atomic E-state index is 11.9. The number of carbonyl (C=O) groups excluding carboxylic acids is 1. The number of aromatic carboxylic acids is 1. The van der Waals surface area contributed by atoms with Crippen molar-refractivity contribution in [1.29, 1.82) is 0 Å². The van der Waals surface area contributed by atoms with Crippen LogP contribution in [0, 0.1) is 0 Å². The summed E-state index contributed by atoms with van der Waals surface area (Å²) in [5.74, 6) is -1.33. The van der Waals surface area contributed by atoms with Gasteiger partial charge in [-0.3, -0.25) is 4.79 Å². The molecule has 98 valence electrons. The summed E-state index contributed by atoms with van der Waals surface area (Å²) in [6, 6.07) is 4.37. The first-order chi connectivity index (χ1) is 8.27. The fourth-order valence-electron chi connectivity index (χ4n) is 1.12. The van der Waals surface area contributed by atoms with Crippen molar-refractivity contribution < 1.29 is 19.4 Å². The maximum Gasteiger partial charge on any atom is 0.335 e.